The van der Waals surface area contributed by atoms with E-state index >= 15 is 0 Å². The molecule has 0 N–H and O–H groups in total. The van der Waals surface area contributed by atoms with E-state index in [-0.39, 0.29) is 0 Å². The second kappa shape index (κ2) is 4.84. The van der Waals surface area contributed by atoms with E-state index in [4.69, 9.17) is 0 Å². The summed E-state index contributed by atoms with van der Waals surface area (Å²) >= 11 is 1.47. The maximum atomic E-state index is 4.64. The van der Waals surface area contributed by atoms with Gasteiger partial charge in [-0.2, -0.15) is 0 Å². The number of fused-ring (bicyclic) bond motifs is 3. The first-order valence-electron chi connectivity index (χ1n) is 4.54. The van der Waals surface area contributed by atoms with E-state index in [9.17, 15) is 0 Å². The predicted molar refractivity (Wildman–Crippen MR) is 60.6 cm³/mol. The van der Waals surface area contributed by atoms with Gasteiger partial charge in [-0.3, -0.25) is 0 Å². The molecule has 0 bridgehead atoms. The molecule has 3 heteroatoms. The van der Waals surface area contributed by atoms with Crippen LogP contribution in [0.2, 0.25) is 0 Å². The van der Waals surface area contributed by atoms with E-state index in [1.165, 1.54) is 30.1 Å². The molecule has 0 unspecified atom stereocenters. The first-order chi connectivity index (χ1) is 7.45. The number of aromatic nitrogens is 1. The van der Waals surface area contributed by atoms with Crippen molar-refractivity contribution < 1.29 is 19.4 Å². The summed E-state index contributed by atoms with van der Waals surface area (Å²) in [5, 5.41) is 2.50. The van der Waals surface area contributed by atoms with Crippen molar-refractivity contribution in [1.29, 1.82) is 0 Å². The largest absolute Gasteiger partial charge is 0.657 e. The van der Waals surface area contributed by atoms with E-state index in [1.54, 1.807) is 0 Å². The summed E-state index contributed by atoms with van der Waals surface area (Å²) in [5.41, 5.74) is 2.17. The molecule has 0 fully saturated rings. The second-order valence-corrected chi connectivity index (χ2v) is 3.15. The van der Waals surface area contributed by atoms with E-state index in [0.29, 0.717) is 0 Å². The smallest absolute Gasteiger partial charge is 0.0343 e. The maximum Gasteiger partial charge on any atom is -0.0343 e. The molecule has 0 saturated heterocycles. The molecule has 0 amide bonds. The average molecular weight is 250 g/mol. The number of para-hydroxylation sites is 2. The zero-order chi connectivity index (χ0) is 10.7. The van der Waals surface area contributed by atoms with E-state index in [2.05, 4.69) is 50.7 Å². The minimum absolute atomic E-state index is 1.09. The van der Waals surface area contributed by atoms with E-state index in [1.807, 2.05) is 12.1 Å². The summed E-state index contributed by atoms with van der Waals surface area (Å²) < 4.78 is 0. The third-order valence-corrected chi connectivity index (χ3v) is 2.34. The van der Waals surface area contributed by atoms with Crippen LogP contribution in [0.4, 0.5) is 0 Å². The van der Waals surface area contributed by atoms with Crippen LogP contribution in [0.3, 0.4) is 0 Å². The molecule has 0 saturated carbocycles. The van der Waals surface area contributed by atoms with Crippen LogP contribution in [-0.4, -0.2) is 0 Å². The van der Waals surface area contributed by atoms with Crippen LogP contribution < -0.4 is 4.98 Å². The standard InChI is InChI=1S/C12H8N.ClH.Ti/c1-3-7-11-9(5-1)10-6-2-4-8-12(10)13-11;;/h1-8H;1H;/q-1;;+2/p-1. The monoisotopic (exact) mass is 249 g/mol. The average Bonchev–Trinajstić information content (AvgIpc) is 2.70. The maximum absolute atomic E-state index is 4.64. The Morgan fingerprint density at radius 2 is 1.13 bits per heavy atom. The molecular weight excluding hydrogens is 241 g/mol. The third-order valence-electron chi connectivity index (χ3n) is 2.34. The number of rotatable bonds is 0. The number of nitrogens with zero attached hydrogens (tertiary/aromatic N) is 1. The van der Waals surface area contributed by atoms with Gasteiger partial charge in [-0.1, -0.05) is 48.5 Å². The molecule has 1 nitrogen and oxygen atoms in total. The van der Waals surface area contributed by atoms with Gasteiger partial charge in [0.05, 0.1) is 0 Å². The van der Waals surface area contributed by atoms with Crippen LogP contribution in [0.5, 0.6) is 0 Å². The Kier molecular flexibility index (Phi) is 3.47. The Labute approximate surface area is 104 Å². The van der Waals surface area contributed by atoms with Crippen molar-refractivity contribution in [2.45, 2.75) is 0 Å². The molecular formula is C12H8ClNTi. The van der Waals surface area contributed by atoms with Crippen molar-refractivity contribution in [2.24, 2.45) is 0 Å². The van der Waals surface area contributed by atoms with Crippen LogP contribution in [0, 0.1) is 0 Å². The fraction of sp³-hybridized carbons (Fsp3) is 0. The molecule has 0 radical (unpaired) electrons. The van der Waals surface area contributed by atoms with Gasteiger partial charge in [0.1, 0.15) is 0 Å². The molecule has 0 spiro atoms. The van der Waals surface area contributed by atoms with Crippen molar-refractivity contribution in [1.82, 2.24) is 4.98 Å². The fourth-order valence-electron chi connectivity index (χ4n) is 1.73. The summed E-state index contributed by atoms with van der Waals surface area (Å²) in [7, 11) is 4.64. The summed E-state index contributed by atoms with van der Waals surface area (Å²) in [4.78, 5) is 4.52. The summed E-state index contributed by atoms with van der Waals surface area (Å²) in [6.45, 7) is 0. The summed E-state index contributed by atoms with van der Waals surface area (Å²) in [5.74, 6) is 0. The van der Waals surface area contributed by atoms with Crippen molar-refractivity contribution in [2.75, 3.05) is 0 Å². The molecule has 72 valence electrons. The van der Waals surface area contributed by atoms with Crippen LogP contribution in [0.1, 0.15) is 0 Å². The van der Waals surface area contributed by atoms with Gasteiger partial charge in [-0.15, -0.1) is 11.0 Å². The first-order valence-corrected chi connectivity index (χ1v) is 6.69. The minimum atomic E-state index is 1.09. The Morgan fingerprint density at radius 3 is 1.60 bits per heavy atom. The second-order valence-electron chi connectivity index (χ2n) is 3.15. The van der Waals surface area contributed by atoms with Gasteiger partial charge in [0.15, 0.2) is 0 Å². The Bertz CT molecular complexity index is 523. The van der Waals surface area contributed by atoms with Crippen LogP contribution in [-0.2, 0) is 19.4 Å². The van der Waals surface area contributed by atoms with Crippen molar-refractivity contribution in [3.05, 3.63) is 48.5 Å². The zero-order valence-corrected chi connectivity index (χ0v) is 10.3. The molecule has 0 aliphatic rings. The predicted octanol–water partition coefficient (Wildman–Crippen LogP) is 3.64. The SMILES string of the molecule is [Cl][Ti+].c1ccc2c(c1)[n-]c1ccccc12. The van der Waals surface area contributed by atoms with Gasteiger partial charge in [0.2, 0.25) is 0 Å². The normalized spacial score (nSPS) is 9.87. The molecule has 1 heterocycles. The van der Waals surface area contributed by atoms with Gasteiger partial charge in [-0.25, -0.2) is 0 Å². The molecule has 2 aromatic carbocycles. The molecule has 0 aliphatic heterocycles. The van der Waals surface area contributed by atoms with Gasteiger partial charge >= 0.3 is 28.7 Å². The first kappa shape index (κ1) is 10.8. The molecule has 3 aromatic rings. The summed E-state index contributed by atoms with van der Waals surface area (Å²) in [6, 6.07) is 16.5. The Hall–Kier alpha value is -0.756. The minimum Gasteiger partial charge on any atom is -0.657 e. The van der Waals surface area contributed by atoms with E-state index < -0.39 is 0 Å². The number of hydrogen-bond donors (Lipinski definition) is 0. The van der Waals surface area contributed by atoms with Crippen molar-refractivity contribution in [3.63, 3.8) is 0 Å². The molecule has 15 heavy (non-hydrogen) atoms. The van der Waals surface area contributed by atoms with Crippen LogP contribution >= 0.6 is 9.30 Å². The van der Waals surface area contributed by atoms with Crippen molar-refractivity contribution >= 4 is 31.1 Å². The quantitative estimate of drug-likeness (QED) is 0.555. The van der Waals surface area contributed by atoms with Gasteiger partial charge < -0.3 is 4.98 Å². The molecule has 0 aliphatic carbocycles. The van der Waals surface area contributed by atoms with Gasteiger partial charge in [0, 0.05) is 0 Å². The van der Waals surface area contributed by atoms with Crippen LogP contribution in [0.25, 0.3) is 21.8 Å². The van der Waals surface area contributed by atoms with Gasteiger partial charge in [-0.05, 0) is 10.8 Å². The van der Waals surface area contributed by atoms with Crippen LogP contribution in [0.15, 0.2) is 48.5 Å². The molecule has 1 aromatic heterocycles. The Morgan fingerprint density at radius 1 is 0.733 bits per heavy atom. The number of hydrogen-bond acceptors (Lipinski definition) is 0. The fourth-order valence-corrected chi connectivity index (χ4v) is 1.73. The number of halogens is 1. The molecule has 3 rings (SSSR count). The van der Waals surface area contributed by atoms with E-state index in [0.717, 1.165) is 11.0 Å². The van der Waals surface area contributed by atoms with Gasteiger partial charge in [0.25, 0.3) is 0 Å². The Balaban J connectivity index is 0.000000404. The zero-order valence-electron chi connectivity index (χ0n) is 7.94. The third kappa shape index (κ3) is 1.96. The topological polar surface area (TPSA) is 14.1 Å². The van der Waals surface area contributed by atoms with Crippen molar-refractivity contribution in [3.8, 4) is 0 Å². The molecule has 0 atom stereocenters. The summed E-state index contributed by atoms with van der Waals surface area (Å²) in [6.07, 6.45) is 0. The number of benzene rings is 2.